The Balaban J connectivity index is 1.48. The van der Waals surface area contributed by atoms with E-state index in [-0.39, 0.29) is 6.79 Å². The molecule has 8 nitrogen and oxygen atoms in total. The quantitative estimate of drug-likeness (QED) is 0.549. The Labute approximate surface area is 185 Å². The number of aromatic nitrogens is 1. The molecule has 3 heterocycles. The molecule has 0 aliphatic carbocycles. The maximum absolute atomic E-state index is 12.7. The number of carbonyl (C=O) groups excluding carboxylic acids is 3. The number of thioether (sulfide) groups is 1. The molecule has 0 bridgehead atoms. The van der Waals surface area contributed by atoms with Crippen LogP contribution in [0.1, 0.15) is 20.7 Å². The average molecular weight is 456 g/mol. The zero-order valence-corrected chi connectivity index (χ0v) is 18.1. The van der Waals surface area contributed by atoms with E-state index >= 15 is 0 Å². The van der Waals surface area contributed by atoms with Gasteiger partial charge in [-0.1, -0.05) is 23.5 Å². The van der Waals surface area contributed by atoms with Gasteiger partial charge in [0.05, 0.1) is 21.3 Å². The summed E-state index contributed by atoms with van der Waals surface area (Å²) >= 11 is 3.04. The van der Waals surface area contributed by atoms with Crippen LogP contribution in [0, 0.1) is 0 Å². The standard InChI is InChI=1S/C21H17N3O5S2/c1-30-7-6-23-14-8-15-16(29-11-28-15)9-17(14)31-21(23)22-18(25)10-24-19(26)12-4-2-3-5-13(12)20(24)27/h2-5,8-9H,6-7,10-11H2,1H3. The van der Waals surface area contributed by atoms with Gasteiger partial charge in [0.1, 0.15) is 6.54 Å². The number of thiazole rings is 1. The fraction of sp³-hybridized carbons (Fsp3) is 0.238. The molecule has 0 fully saturated rings. The molecular weight excluding hydrogens is 438 g/mol. The van der Waals surface area contributed by atoms with Gasteiger partial charge in [-0.25, -0.2) is 0 Å². The van der Waals surface area contributed by atoms with Crippen LogP contribution < -0.4 is 14.3 Å². The smallest absolute Gasteiger partial charge is 0.268 e. The summed E-state index contributed by atoms with van der Waals surface area (Å²) in [5.41, 5.74) is 1.52. The third-order valence-corrected chi connectivity index (χ3v) is 6.72. The van der Waals surface area contributed by atoms with Gasteiger partial charge in [0, 0.05) is 24.4 Å². The second kappa shape index (κ2) is 7.86. The molecule has 5 rings (SSSR count). The molecule has 158 valence electrons. The van der Waals surface area contributed by atoms with Crippen LogP contribution in [0.5, 0.6) is 11.5 Å². The maximum atomic E-state index is 12.7. The van der Waals surface area contributed by atoms with E-state index in [4.69, 9.17) is 9.47 Å². The van der Waals surface area contributed by atoms with Gasteiger partial charge in [-0.05, 0) is 18.4 Å². The molecule has 2 aromatic carbocycles. The molecular formula is C21H17N3O5S2. The summed E-state index contributed by atoms with van der Waals surface area (Å²) in [5.74, 6) is 0.656. The second-order valence-corrected chi connectivity index (χ2v) is 8.94. The zero-order chi connectivity index (χ0) is 21.5. The minimum Gasteiger partial charge on any atom is -0.454 e. The van der Waals surface area contributed by atoms with Crippen LogP contribution >= 0.6 is 23.1 Å². The number of benzene rings is 2. The molecule has 2 aliphatic rings. The van der Waals surface area contributed by atoms with E-state index in [0.717, 1.165) is 20.9 Å². The molecule has 1 aromatic heterocycles. The van der Waals surface area contributed by atoms with Crippen LogP contribution in [0.25, 0.3) is 10.2 Å². The molecule has 0 unspecified atom stereocenters. The number of aryl methyl sites for hydroxylation is 1. The summed E-state index contributed by atoms with van der Waals surface area (Å²) in [4.78, 5) is 43.5. The fourth-order valence-electron chi connectivity index (χ4n) is 3.60. The predicted molar refractivity (Wildman–Crippen MR) is 117 cm³/mol. The number of nitrogens with zero attached hydrogens (tertiary/aromatic N) is 3. The van der Waals surface area contributed by atoms with Crippen molar-refractivity contribution in [2.75, 3.05) is 25.3 Å². The molecule has 3 amide bonds. The van der Waals surface area contributed by atoms with Gasteiger partial charge < -0.3 is 14.0 Å². The number of rotatable bonds is 5. The summed E-state index contributed by atoms with van der Waals surface area (Å²) in [6, 6.07) is 10.3. The molecule has 2 aliphatic heterocycles. The molecule has 0 atom stereocenters. The number of amides is 3. The highest BCUT2D eigenvalue weighted by Crippen LogP contribution is 2.37. The Kier molecular flexibility index (Phi) is 5.03. The molecule has 0 saturated carbocycles. The van der Waals surface area contributed by atoms with E-state index in [0.29, 0.717) is 34.0 Å². The number of carbonyl (C=O) groups is 3. The summed E-state index contributed by atoms with van der Waals surface area (Å²) in [5, 5.41) is 0. The monoisotopic (exact) mass is 455 g/mol. The highest BCUT2D eigenvalue weighted by Gasteiger charge is 2.36. The fourth-order valence-corrected chi connectivity index (χ4v) is 5.05. The highest BCUT2D eigenvalue weighted by atomic mass is 32.2. The second-order valence-electron chi connectivity index (χ2n) is 6.95. The Bertz CT molecular complexity index is 1280. The molecule has 10 heteroatoms. The van der Waals surface area contributed by atoms with E-state index in [2.05, 4.69) is 4.99 Å². The van der Waals surface area contributed by atoms with E-state index < -0.39 is 24.3 Å². The summed E-state index contributed by atoms with van der Waals surface area (Å²) in [6.07, 6.45) is 2.01. The summed E-state index contributed by atoms with van der Waals surface area (Å²) in [6.45, 7) is 0.444. The third kappa shape index (κ3) is 3.41. The lowest BCUT2D eigenvalue weighted by atomic mass is 10.1. The minimum absolute atomic E-state index is 0.188. The van der Waals surface area contributed by atoms with Crippen molar-refractivity contribution in [1.82, 2.24) is 9.47 Å². The first-order valence-corrected chi connectivity index (χ1v) is 11.7. The van der Waals surface area contributed by atoms with Crippen LogP contribution in [-0.2, 0) is 11.3 Å². The van der Waals surface area contributed by atoms with Gasteiger partial charge in [0.15, 0.2) is 16.3 Å². The highest BCUT2D eigenvalue weighted by molar-refractivity contribution is 7.98. The molecule has 0 radical (unpaired) electrons. The van der Waals surface area contributed by atoms with Gasteiger partial charge in [-0.15, -0.1) is 0 Å². The van der Waals surface area contributed by atoms with Crippen molar-refractivity contribution in [2.24, 2.45) is 4.99 Å². The molecule has 0 saturated heterocycles. The van der Waals surface area contributed by atoms with Gasteiger partial charge in [-0.3, -0.25) is 19.3 Å². The van der Waals surface area contributed by atoms with Crippen LogP contribution in [0.3, 0.4) is 0 Å². The molecule has 0 N–H and O–H groups in total. The van der Waals surface area contributed by atoms with Crippen LogP contribution in [0.4, 0.5) is 0 Å². The predicted octanol–water partition coefficient (Wildman–Crippen LogP) is 2.52. The number of ether oxygens (including phenoxy) is 2. The van der Waals surface area contributed by atoms with E-state index in [9.17, 15) is 14.4 Å². The molecule has 31 heavy (non-hydrogen) atoms. The Morgan fingerprint density at radius 2 is 1.81 bits per heavy atom. The maximum Gasteiger partial charge on any atom is 0.268 e. The first-order valence-electron chi connectivity index (χ1n) is 9.51. The number of hydrogen-bond acceptors (Lipinski definition) is 7. The SMILES string of the molecule is CSCCn1c(=NC(=O)CN2C(=O)c3ccccc3C2=O)sc2cc3c(cc21)OCO3. The summed E-state index contributed by atoms with van der Waals surface area (Å²) in [7, 11) is 0. The Morgan fingerprint density at radius 3 is 2.48 bits per heavy atom. The van der Waals surface area contributed by atoms with Crippen molar-refractivity contribution in [3.63, 3.8) is 0 Å². The lowest BCUT2D eigenvalue weighted by Crippen LogP contribution is -2.35. The number of fused-ring (bicyclic) bond motifs is 3. The van der Waals surface area contributed by atoms with Crippen LogP contribution in [0.15, 0.2) is 41.4 Å². The van der Waals surface area contributed by atoms with E-state index in [1.165, 1.54) is 11.3 Å². The van der Waals surface area contributed by atoms with Crippen molar-refractivity contribution in [1.29, 1.82) is 0 Å². The first kappa shape index (κ1) is 19.8. The van der Waals surface area contributed by atoms with Crippen molar-refractivity contribution in [3.8, 4) is 11.5 Å². The van der Waals surface area contributed by atoms with E-state index in [1.807, 2.05) is 23.0 Å². The minimum atomic E-state index is -0.556. The summed E-state index contributed by atoms with van der Waals surface area (Å²) < 4.78 is 13.8. The average Bonchev–Trinajstić information content (AvgIpc) is 3.42. The van der Waals surface area contributed by atoms with Crippen molar-refractivity contribution < 1.29 is 23.9 Å². The van der Waals surface area contributed by atoms with Gasteiger partial charge >= 0.3 is 0 Å². The van der Waals surface area contributed by atoms with E-state index in [1.54, 1.807) is 36.0 Å². The van der Waals surface area contributed by atoms with Crippen molar-refractivity contribution in [3.05, 3.63) is 52.3 Å². The topological polar surface area (TPSA) is 90.2 Å². The number of imide groups is 1. The van der Waals surface area contributed by atoms with Gasteiger partial charge in [0.2, 0.25) is 6.79 Å². The largest absolute Gasteiger partial charge is 0.454 e. The van der Waals surface area contributed by atoms with Crippen LogP contribution in [-0.4, -0.2) is 52.5 Å². The zero-order valence-electron chi connectivity index (χ0n) is 16.5. The lowest BCUT2D eigenvalue weighted by Gasteiger charge is -2.10. The van der Waals surface area contributed by atoms with Gasteiger partial charge in [-0.2, -0.15) is 16.8 Å². The third-order valence-electron chi connectivity index (χ3n) is 5.09. The Morgan fingerprint density at radius 1 is 1.13 bits per heavy atom. The number of hydrogen-bond donors (Lipinski definition) is 0. The van der Waals surface area contributed by atoms with Gasteiger partial charge in [0.25, 0.3) is 17.7 Å². The van der Waals surface area contributed by atoms with Crippen molar-refractivity contribution in [2.45, 2.75) is 6.54 Å². The Hall–Kier alpha value is -3.11. The first-order chi connectivity index (χ1) is 15.1. The van der Waals surface area contributed by atoms with Crippen molar-refractivity contribution >= 4 is 51.0 Å². The molecule has 0 spiro atoms. The molecule has 3 aromatic rings. The lowest BCUT2D eigenvalue weighted by molar-refractivity contribution is -0.118. The van der Waals surface area contributed by atoms with Crippen LogP contribution in [0.2, 0.25) is 0 Å². The normalized spacial score (nSPS) is 15.3.